The maximum absolute atomic E-state index is 9.76. The highest BCUT2D eigenvalue weighted by atomic mass is 15.1. The van der Waals surface area contributed by atoms with Crippen LogP contribution in [0.25, 0.3) is 43.1 Å². The van der Waals surface area contributed by atoms with Crippen LogP contribution in [-0.4, -0.2) is 4.57 Å². The van der Waals surface area contributed by atoms with Crippen molar-refractivity contribution in [2.75, 3.05) is 9.80 Å². The summed E-state index contributed by atoms with van der Waals surface area (Å²) in [4.78, 5) is 8.20. The standard InChI is InChI=1S/C50H35N5/c1-34-11-7-17-41(25-34)53(43-19-9-13-36(27-43)33-51)45-22-21-37-29-48-47-24-23-46(32-50(47)55(40-15-5-4-6-16-40)49(48)30-38(37)28-45)54(42-18-8-12-35(2)26-42)44-20-10-14-39(31-44)52-3/h4-32H,1-2H3. The first-order valence-corrected chi connectivity index (χ1v) is 18.3. The third-order valence-corrected chi connectivity index (χ3v) is 10.2. The second-order valence-electron chi connectivity index (χ2n) is 13.9. The number of para-hydroxylation sites is 1. The molecule has 0 aliphatic heterocycles. The van der Waals surface area contributed by atoms with E-state index in [4.69, 9.17) is 6.57 Å². The van der Waals surface area contributed by atoms with E-state index >= 15 is 0 Å². The lowest BCUT2D eigenvalue weighted by molar-refractivity contribution is 1.18. The molecule has 9 aromatic rings. The molecular formula is C50H35N5. The Hall–Kier alpha value is -7.60. The molecule has 0 fully saturated rings. The molecular weight excluding hydrogens is 671 g/mol. The number of aryl methyl sites for hydroxylation is 2. The van der Waals surface area contributed by atoms with Crippen LogP contribution in [0, 0.1) is 31.8 Å². The summed E-state index contributed by atoms with van der Waals surface area (Å²) in [7, 11) is 0. The van der Waals surface area contributed by atoms with Crippen molar-refractivity contribution < 1.29 is 0 Å². The van der Waals surface area contributed by atoms with Crippen molar-refractivity contribution in [1.29, 1.82) is 5.26 Å². The Balaban J connectivity index is 1.27. The van der Waals surface area contributed by atoms with Crippen molar-refractivity contribution in [3.63, 3.8) is 0 Å². The summed E-state index contributed by atoms with van der Waals surface area (Å²) in [5.74, 6) is 0. The first-order chi connectivity index (χ1) is 27.0. The Morgan fingerprint density at radius 3 is 1.75 bits per heavy atom. The molecule has 0 amide bonds. The van der Waals surface area contributed by atoms with Gasteiger partial charge in [-0.05, 0) is 139 Å². The van der Waals surface area contributed by atoms with Gasteiger partial charge in [0.2, 0.25) is 0 Å². The number of anilines is 6. The molecule has 260 valence electrons. The fourth-order valence-electron chi connectivity index (χ4n) is 7.71. The lowest BCUT2D eigenvalue weighted by atomic mass is 10.0. The fraction of sp³-hybridized carbons (Fsp3) is 0.0400. The van der Waals surface area contributed by atoms with E-state index < -0.39 is 0 Å². The molecule has 0 aliphatic rings. The first-order valence-electron chi connectivity index (χ1n) is 18.3. The lowest BCUT2D eigenvalue weighted by Crippen LogP contribution is -2.10. The second-order valence-corrected chi connectivity index (χ2v) is 13.9. The molecule has 0 saturated carbocycles. The minimum atomic E-state index is 0.597. The van der Waals surface area contributed by atoms with Crippen LogP contribution < -0.4 is 9.80 Å². The van der Waals surface area contributed by atoms with E-state index in [9.17, 15) is 5.26 Å². The van der Waals surface area contributed by atoms with Crippen LogP contribution in [-0.2, 0) is 0 Å². The Labute approximate surface area is 320 Å². The zero-order valence-electron chi connectivity index (χ0n) is 30.5. The van der Waals surface area contributed by atoms with Gasteiger partial charge < -0.3 is 14.4 Å². The first kappa shape index (κ1) is 33.3. The highest BCUT2D eigenvalue weighted by molar-refractivity contribution is 6.14. The molecule has 0 atom stereocenters. The van der Waals surface area contributed by atoms with Crippen molar-refractivity contribution in [3.05, 3.63) is 204 Å². The minimum absolute atomic E-state index is 0.597. The van der Waals surface area contributed by atoms with Crippen LogP contribution in [0.5, 0.6) is 0 Å². The average Bonchev–Trinajstić information content (AvgIpc) is 3.53. The van der Waals surface area contributed by atoms with Gasteiger partial charge in [-0.25, -0.2) is 4.85 Å². The van der Waals surface area contributed by atoms with Gasteiger partial charge in [-0.1, -0.05) is 72.8 Å². The summed E-state index contributed by atoms with van der Waals surface area (Å²) >= 11 is 0. The molecule has 0 saturated heterocycles. The van der Waals surface area contributed by atoms with Crippen molar-refractivity contribution in [2.24, 2.45) is 0 Å². The molecule has 1 heterocycles. The van der Waals surface area contributed by atoms with E-state index in [2.05, 4.69) is 179 Å². The van der Waals surface area contributed by atoms with E-state index in [1.165, 1.54) is 5.39 Å². The van der Waals surface area contributed by atoms with Gasteiger partial charge in [0.25, 0.3) is 0 Å². The Bertz CT molecular complexity index is 3000. The number of hydrogen-bond acceptors (Lipinski definition) is 3. The molecule has 55 heavy (non-hydrogen) atoms. The molecule has 1 aromatic heterocycles. The minimum Gasteiger partial charge on any atom is -0.312 e. The number of nitriles is 1. The lowest BCUT2D eigenvalue weighted by Gasteiger charge is -2.26. The van der Waals surface area contributed by atoms with Crippen LogP contribution in [0.1, 0.15) is 16.7 Å². The van der Waals surface area contributed by atoms with Crippen LogP contribution in [0.2, 0.25) is 0 Å². The molecule has 0 N–H and O–H groups in total. The maximum Gasteiger partial charge on any atom is 0.189 e. The van der Waals surface area contributed by atoms with Crippen molar-refractivity contribution in [2.45, 2.75) is 13.8 Å². The van der Waals surface area contributed by atoms with Crippen LogP contribution >= 0.6 is 0 Å². The third kappa shape index (κ3) is 6.11. The highest BCUT2D eigenvalue weighted by Crippen LogP contribution is 2.43. The molecule has 0 unspecified atom stereocenters. The van der Waals surface area contributed by atoms with Crippen molar-refractivity contribution in [3.8, 4) is 11.8 Å². The van der Waals surface area contributed by atoms with E-state index in [1.807, 2.05) is 36.4 Å². The molecule has 5 nitrogen and oxygen atoms in total. The maximum atomic E-state index is 9.76. The Morgan fingerprint density at radius 1 is 0.491 bits per heavy atom. The molecule has 0 aliphatic carbocycles. The number of rotatable bonds is 7. The van der Waals surface area contributed by atoms with Crippen LogP contribution in [0.4, 0.5) is 39.8 Å². The molecule has 0 radical (unpaired) electrons. The summed E-state index contributed by atoms with van der Waals surface area (Å²) in [5, 5.41) is 14.3. The van der Waals surface area contributed by atoms with Gasteiger partial charge in [-0.2, -0.15) is 5.26 Å². The van der Waals surface area contributed by atoms with Gasteiger partial charge in [0.05, 0.1) is 29.2 Å². The molecule has 5 heteroatoms. The summed E-state index contributed by atoms with van der Waals surface area (Å²) in [6.45, 7) is 11.9. The molecule has 0 spiro atoms. The number of aromatic nitrogens is 1. The van der Waals surface area contributed by atoms with E-state index in [1.54, 1.807) is 0 Å². The predicted molar refractivity (Wildman–Crippen MR) is 228 cm³/mol. The smallest absolute Gasteiger partial charge is 0.189 e. The largest absolute Gasteiger partial charge is 0.312 e. The SMILES string of the molecule is [C-]#[N+]c1cccc(N(c2cccc(C)c2)c2ccc3c4cc5ccc(N(c6cccc(C)c6)c6cccc(C#N)c6)cc5cc4n(-c4ccccc4)c3c2)c1. The quantitative estimate of drug-likeness (QED) is 0.155. The number of benzene rings is 8. The third-order valence-electron chi connectivity index (χ3n) is 10.2. The van der Waals surface area contributed by atoms with Gasteiger partial charge >= 0.3 is 0 Å². The van der Waals surface area contributed by atoms with Gasteiger partial charge in [0, 0.05) is 50.6 Å². The van der Waals surface area contributed by atoms with Crippen LogP contribution in [0.15, 0.2) is 176 Å². The van der Waals surface area contributed by atoms with E-state index in [-0.39, 0.29) is 0 Å². The normalized spacial score (nSPS) is 11.1. The monoisotopic (exact) mass is 705 g/mol. The molecule has 0 bridgehead atoms. The average molecular weight is 706 g/mol. The van der Waals surface area contributed by atoms with Gasteiger partial charge in [-0.15, -0.1) is 0 Å². The van der Waals surface area contributed by atoms with Crippen LogP contribution in [0.3, 0.4) is 0 Å². The van der Waals surface area contributed by atoms with Gasteiger partial charge in [-0.3, -0.25) is 0 Å². The highest BCUT2D eigenvalue weighted by Gasteiger charge is 2.20. The van der Waals surface area contributed by atoms with E-state index in [0.717, 1.165) is 78.1 Å². The van der Waals surface area contributed by atoms with Gasteiger partial charge in [0.15, 0.2) is 5.69 Å². The second kappa shape index (κ2) is 13.7. The fourth-order valence-corrected chi connectivity index (χ4v) is 7.71. The zero-order valence-corrected chi connectivity index (χ0v) is 30.5. The number of hydrogen-bond donors (Lipinski definition) is 0. The topological polar surface area (TPSA) is 39.6 Å². The molecule has 8 aromatic carbocycles. The number of fused-ring (bicyclic) bond motifs is 4. The number of nitrogens with zero attached hydrogens (tertiary/aromatic N) is 5. The molecule has 9 rings (SSSR count). The van der Waals surface area contributed by atoms with Crippen molar-refractivity contribution >= 4 is 72.4 Å². The van der Waals surface area contributed by atoms with Crippen molar-refractivity contribution in [1.82, 2.24) is 4.57 Å². The summed E-state index contributed by atoms with van der Waals surface area (Å²) < 4.78 is 2.36. The van der Waals surface area contributed by atoms with E-state index in [0.29, 0.717) is 11.3 Å². The van der Waals surface area contributed by atoms with Gasteiger partial charge in [0.1, 0.15) is 0 Å². The summed E-state index contributed by atoms with van der Waals surface area (Å²) in [6, 6.07) is 63.3. The predicted octanol–water partition coefficient (Wildman–Crippen LogP) is 13.9. The Kier molecular flexibility index (Phi) is 8.31. The zero-order chi connectivity index (χ0) is 37.5. The Morgan fingerprint density at radius 2 is 1.07 bits per heavy atom. The summed E-state index contributed by atoms with van der Waals surface area (Å²) in [6.07, 6.45) is 0. The summed E-state index contributed by atoms with van der Waals surface area (Å²) in [5.41, 5.74) is 12.7.